The van der Waals surface area contributed by atoms with E-state index in [-0.39, 0.29) is 11.9 Å². The first kappa shape index (κ1) is 17.5. The fraction of sp³-hybridized carbons (Fsp3) is 0.412. The van der Waals surface area contributed by atoms with Crippen molar-refractivity contribution in [2.75, 3.05) is 22.5 Å². The van der Waals surface area contributed by atoms with Crippen molar-refractivity contribution >= 4 is 27.3 Å². The van der Waals surface area contributed by atoms with Crippen molar-refractivity contribution in [1.29, 1.82) is 0 Å². The third kappa shape index (κ3) is 2.90. The third-order valence-electron chi connectivity index (χ3n) is 4.47. The number of hydrogen-bond donors (Lipinski definition) is 0. The molecule has 0 saturated carbocycles. The lowest BCUT2D eigenvalue weighted by Crippen LogP contribution is -2.34. The molecule has 0 fully saturated rings. The van der Waals surface area contributed by atoms with Crippen LogP contribution in [0.5, 0.6) is 0 Å². The normalized spacial score (nSPS) is 16.8. The maximum Gasteiger partial charge on any atom is 0.258 e. The van der Waals surface area contributed by atoms with Crippen LogP contribution < -0.4 is 9.21 Å². The minimum atomic E-state index is -3.34. The van der Waals surface area contributed by atoms with Gasteiger partial charge in [0.05, 0.1) is 11.9 Å². The van der Waals surface area contributed by atoms with Crippen molar-refractivity contribution < 1.29 is 17.7 Å². The molecular weight excluding hydrogens is 342 g/mol. The molecule has 2 aromatic rings. The summed E-state index contributed by atoms with van der Waals surface area (Å²) in [5.41, 5.74) is 3.30. The van der Waals surface area contributed by atoms with Gasteiger partial charge in [0.15, 0.2) is 5.76 Å². The number of aryl methyl sites for hydroxylation is 2. The number of carbonyl (C=O) groups is 1. The van der Waals surface area contributed by atoms with Gasteiger partial charge in [-0.05, 0) is 51.0 Å². The summed E-state index contributed by atoms with van der Waals surface area (Å²) < 4.78 is 30.5. The molecule has 0 N–H and O–H groups in total. The summed E-state index contributed by atoms with van der Waals surface area (Å²) in [6.07, 6.45) is 1.78. The number of fused-ring (bicyclic) bond motifs is 1. The lowest BCUT2D eigenvalue weighted by atomic mass is 10.1. The molecule has 134 valence electrons. The van der Waals surface area contributed by atoms with Crippen LogP contribution in [0.1, 0.15) is 34.3 Å². The van der Waals surface area contributed by atoms with E-state index in [0.29, 0.717) is 34.8 Å². The highest BCUT2D eigenvalue weighted by Gasteiger charge is 2.33. The maximum atomic E-state index is 12.8. The van der Waals surface area contributed by atoms with Gasteiger partial charge in [0.25, 0.3) is 5.91 Å². The molecule has 1 aliphatic rings. The Labute approximate surface area is 147 Å². The number of anilines is 2. The predicted molar refractivity (Wildman–Crippen MR) is 95.6 cm³/mol. The summed E-state index contributed by atoms with van der Waals surface area (Å²) in [5.74, 6) is 0.383. The molecule has 0 bridgehead atoms. The Balaban J connectivity index is 1.96. The summed E-state index contributed by atoms with van der Waals surface area (Å²) in [7, 11) is -1.67. The van der Waals surface area contributed by atoms with Crippen molar-refractivity contribution in [3.63, 3.8) is 0 Å². The molecule has 1 amide bonds. The molecule has 3 rings (SSSR count). The number of amides is 1. The van der Waals surface area contributed by atoms with Gasteiger partial charge in [-0.1, -0.05) is 5.16 Å². The predicted octanol–water partition coefficient (Wildman–Crippen LogP) is 2.28. The van der Waals surface area contributed by atoms with E-state index in [2.05, 4.69) is 5.16 Å². The van der Waals surface area contributed by atoms with Gasteiger partial charge in [-0.3, -0.25) is 9.10 Å². The number of hydrogen-bond acceptors (Lipinski definition) is 5. The Bertz CT molecular complexity index is 929. The number of carbonyl (C=O) groups excluding carboxylic acids is 1. The molecule has 2 heterocycles. The molecule has 1 aromatic heterocycles. The van der Waals surface area contributed by atoms with Crippen molar-refractivity contribution in [3.05, 3.63) is 40.8 Å². The lowest BCUT2D eigenvalue weighted by Gasteiger charge is -2.22. The van der Waals surface area contributed by atoms with Gasteiger partial charge in [-0.15, -0.1) is 0 Å². The highest BCUT2D eigenvalue weighted by molar-refractivity contribution is 7.92. The SMILES string of the molecule is Cc1noc(C)c1N(C)C(=O)c1ccc2c(c1)CC(C)N2S(C)(=O)=O. The molecule has 25 heavy (non-hydrogen) atoms. The Morgan fingerprint density at radius 2 is 2.04 bits per heavy atom. The molecular formula is C17H21N3O4S. The van der Waals surface area contributed by atoms with Crippen LogP contribution in [0.25, 0.3) is 0 Å². The van der Waals surface area contributed by atoms with Crippen LogP contribution in [-0.2, 0) is 16.4 Å². The highest BCUT2D eigenvalue weighted by atomic mass is 32.2. The summed E-state index contributed by atoms with van der Waals surface area (Å²) in [5, 5.41) is 3.88. The van der Waals surface area contributed by atoms with E-state index in [0.717, 1.165) is 5.56 Å². The monoisotopic (exact) mass is 363 g/mol. The smallest absolute Gasteiger partial charge is 0.258 e. The Morgan fingerprint density at radius 1 is 1.36 bits per heavy atom. The zero-order chi connectivity index (χ0) is 18.5. The summed E-state index contributed by atoms with van der Waals surface area (Å²) >= 11 is 0. The Morgan fingerprint density at radius 3 is 2.60 bits per heavy atom. The number of benzene rings is 1. The second-order valence-corrected chi connectivity index (χ2v) is 8.35. The van der Waals surface area contributed by atoms with E-state index in [4.69, 9.17) is 4.52 Å². The summed E-state index contributed by atoms with van der Waals surface area (Å²) in [6, 6.07) is 4.98. The van der Waals surface area contributed by atoms with Gasteiger partial charge in [0.1, 0.15) is 11.4 Å². The van der Waals surface area contributed by atoms with Crippen molar-refractivity contribution in [3.8, 4) is 0 Å². The molecule has 0 radical (unpaired) electrons. The topological polar surface area (TPSA) is 83.7 Å². The third-order valence-corrected chi connectivity index (χ3v) is 5.74. The molecule has 1 aromatic carbocycles. The zero-order valence-electron chi connectivity index (χ0n) is 14.9. The van der Waals surface area contributed by atoms with E-state index in [1.807, 2.05) is 6.92 Å². The molecule has 1 unspecified atom stereocenters. The van der Waals surface area contributed by atoms with E-state index in [1.165, 1.54) is 15.5 Å². The minimum absolute atomic E-state index is 0.157. The molecule has 1 aliphatic heterocycles. The number of rotatable bonds is 3. The maximum absolute atomic E-state index is 12.8. The van der Waals surface area contributed by atoms with Crippen molar-refractivity contribution in [1.82, 2.24) is 5.16 Å². The standard InChI is InChI=1S/C17H21N3O4S/c1-10-8-14-9-13(6-7-15(14)20(10)25(5,22)23)17(21)19(4)16-11(2)18-24-12(16)3/h6-7,9-10H,8H2,1-5H3. The number of sulfonamides is 1. The van der Waals surface area contributed by atoms with Gasteiger partial charge in [-0.25, -0.2) is 8.42 Å². The zero-order valence-corrected chi connectivity index (χ0v) is 15.7. The van der Waals surface area contributed by atoms with Gasteiger partial charge in [0.2, 0.25) is 10.0 Å². The fourth-order valence-electron chi connectivity index (χ4n) is 3.49. The fourth-order valence-corrected chi connectivity index (χ4v) is 4.76. The van der Waals surface area contributed by atoms with Crippen LogP contribution in [0.4, 0.5) is 11.4 Å². The van der Waals surface area contributed by atoms with Gasteiger partial charge in [-0.2, -0.15) is 0 Å². The van der Waals surface area contributed by atoms with Crippen LogP contribution in [0.15, 0.2) is 22.7 Å². The minimum Gasteiger partial charge on any atom is -0.359 e. The number of aromatic nitrogens is 1. The van der Waals surface area contributed by atoms with Crippen LogP contribution in [-0.4, -0.2) is 38.8 Å². The van der Waals surface area contributed by atoms with Gasteiger partial charge < -0.3 is 9.42 Å². The molecule has 8 heteroatoms. The largest absolute Gasteiger partial charge is 0.359 e. The first-order valence-corrected chi connectivity index (χ1v) is 9.79. The second-order valence-electron chi connectivity index (χ2n) is 6.49. The van der Waals surface area contributed by atoms with Gasteiger partial charge in [0, 0.05) is 18.7 Å². The van der Waals surface area contributed by atoms with Crippen molar-refractivity contribution in [2.24, 2.45) is 0 Å². The van der Waals surface area contributed by atoms with Crippen LogP contribution in [0.3, 0.4) is 0 Å². The average Bonchev–Trinajstić information content (AvgIpc) is 3.03. The second kappa shape index (κ2) is 5.87. The first-order chi connectivity index (χ1) is 11.6. The van der Waals surface area contributed by atoms with Crippen molar-refractivity contribution in [2.45, 2.75) is 33.2 Å². The highest BCUT2D eigenvalue weighted by Crippen LogP contribution is 2.35. The molecule has 1 atom stereocenters. The van der Waals surface area contributed by atoms with E-state index < -0.39 is 10.0 Å². The van der Waals surface area contributed by atoms with E-state index >= 15 is 0 Å². The number of nitrogens with zero attached hydrogens (tertiary/aromatic N) is 3. The van der Waals surface area contributed by atoms with Gasteiger partial charge >= 0.3 is 0 Å². The van der Waals surface area contributed by atoms with Crippen LogP contribution in [0, 0.1) is 13.8 Å². The molecule has 0 aliphatic carbocycles. The first-order valence-electron chi connectivity index (χ1n) is 7.94. The summed E-state index contributed by atoms with van der Waals surface area (Å²) in [4.78, 5) is 14.3. The van der Waals surface area contributed by atoms with Crippen LogP contribution in [0.2, 0.25) is 0 Å². The quantitative estimate of drug-likeness (QED) is 0.835. The average molecular weight is 363 g/mol. The Kier molecular flexibility index (Phi) is 4.10. The van der Waals surface area contributed by atoms with Crippen LogP contribution >= 0.6 is 0 Å². The summed E-state index contributed by atoms with van der Waals surface area (Å²) in [6.45, 7) is 5.40. The van der Waals surface area contributed by atoms with E-state index in [1.54, 1.807) is 39.1 Å². The van der Waals surface area contributed by atoms with E-state index in [9.17, 15) is 13.2 Å². The molecule has 0 spiro atoms. The lowest BCUT2D eigenvalue weighted by molar-refractivity contribution is 0.0992. The Hall–Kier alpha value is -2.35. The molecule has 0 saturated heterocycles. The molecule has 7 nitrogen and oxygen atoms in total.